The zero-order valence-corrected chi connectivity index (χ0v) is 10.1. The van der Waals surface area contributed by atoms with Crippen LogP contribution in [-0.2, 0) is 5.75 Å². The molecule has 0 bridgehead atoms. The third-order valence-electron chi connectivity index (χ3n) is 2.05. The molecule has 0 unspecified atom stereocenters. The maximum Gasteiger partial charge on any atom is 0.0541 e. The summed E-state index contributed by atoms with van der Waals surface area (Å²) in [7, 11) is 0. The lowest BCUT2D eigenvalue weighted by Crippen LogP contribution is -1.90. The molecule has 0 aliphatic heterocycles. The standard InChI is InChI=1S/C12H11ClN2S/c13-11-3-1-2-4-12(11)16-8-10-7-9(14)5-6-15-10/h1-7H,8H2,(H2,14,15). The van der Waals surface area contributed by atoms with Crippen LogP contribution >= 0.6 is 23.4 Å². The van der Waals surface area contributed by atoms with Crippen molar-refractivity contribution in [3.63, 3.8) is 0 Å². The molecule has 82 valence electrons. The molecular formula is C12H11ClN2S. The van der Waals surface area contributed by atoms with Gasteiger partial charge in [-0.1, -0.05) is 23.7 Å². The lowest BCUT2D eigenvalue weighted by Gasteiger charge is -2.03. The molecule has 0 spiro atoms. The van der Waals surface area contributed by atoms with Crippen molar-refractivity contribution in [2.45, 2.75) is 10.6 Å². The fourth-order valence-electron chi connectivity index (χ4n) is 1.29. The Balaban J connectivity index is 2.05. The second-order valence-corrected chi connectivity index (χ2v) is 4.72. The molecule has 1 aromatic carbocycles. The highest BCUT2D eigenvalue weighted by atomic mass is 35.5. The summed E-state index contributed by atoms with van der Waals surface area (Å²) in [6.45, 7) is 0. The van der Waals surface area contributed by atoms with Gasteiger partial charge >= 0.3 is 0 Å². The van der Waals surface area contributed by atoms with E-state index in [2.05, 4.69) is 4.98 Å². The van der Waals surface area contributed by atoms with Crippen molar-refractivity contribution in [1.82, 2.24) is 4.98 Å². The second kappa shape index (κ2) is 5.23. The normalized spacial score (nSPS) is 10.3. The van der Waals surface area contributed by atoms with E-state index in [1.165, 1.54) is 0 Å². The highest BCUT2D eigenvalue weighted by Gasteiger charge is 2.01. The number of pyridine rings is 1. The van der Waals surface area contributed by atoms with Crippen molar-refractivity contribution in [2.75, 3.05) is 5.73 Å². The molecule has 0 saturated carbocycles. The predicted molar refractivity (Wildman–Crippen MR) is 69.7 cm³/mol. The van der Waals surface area contributed by atoms with Crippen LogP contribution in [0.4, 0.5) is 5.69 Å². The SMILES string of the molecule is Nc1ccnc(CSc2ccccc2Cl)c1. The maximum absolute atomic E-state index is 6.06. The first-order valence-corrected chi connectivity index (χ1v) is 6.20. The topological polar surface area (TPSA) is 38.9 Å². The van der Waals surface area contributed by atoms with E-state index in [0.29, 0.717) is 0 Å². The Labute approximate surface area is 104 Å². The van der Waals surface area contributed by atoms with Crippen molar-refractivity contribution in [2.24, 2.45) is 0 Å². The van der Waals surface area contributed by atoms with Crippen molar-refractivity contribution >= 4 is 29.1 Å². The number of thioether (sulfide) groups is 1. The Morgan fingerprint density at radius 3 is 2.81 bits per heavy atom. The van der Waals surface area contributed by atoms with Gasteiger partial charge in [0.25, 0.3) is 0 Å². The van der Waals surface area contributed by atoms with Crippen LogP contribution in [0.5, 0.6) is 0 Å². The van der Waals surface area contributed by atoms with E-state index < -0.39 is 0 Å². The number of anilines is 1. The molecule has 2 aromatic rings. The van der Waals surface area contributed by atoms with Gasteiger partial charge < -0.3 is 5.73 Å². The lowest BCUT2D eigenvalue weighted by molar-refractivity contribution is 1.18. The third kappa shape index (κ3) is 2.90. The monoisotopic (exact) mass is 250 g/mol. The molecule has 0 amide bonds. The van der Waals surface area contributed by atoms with E-state index in [-0.39, 0.29) is 0 Å². The van der Waals surface area contributed by atoms with Crippen LogP contribution < -0.4 is 5.73 Å². The summed E-state index contributed by atoms with van der Waals surface area (Å²) in [5.41, 5.74) is 7.39. The number of nitrogens with two attached hydrogens (primary N) is 1. The Bertz CT molecular complexity index is 488. The minimum Gasteiger partial charge on any atom is -0.399 e. The first-order chi connectivity index (χ1) is 7.75. The van der Waals surface area contributed by atoms with Crippen LogP contribution in [-0.4, -0.2) is 4.98 Å². The van der Waals surface area contributed by atoms with Gasteiger partial charge in [-0.25, -0.2) is 0 Å². The minimum atomic E-state index is 0.741. The quantitative estimate of drug-likeness (QED) is 0.846. The van der Waals surface area contributed by atoms with Gasteiger partial charge in [-0.3, -0.25) is 4.98 Å². The summed E-state index contributed by atoms with van der Waals surface area (Å²) in [4.78, 5) is 5.30. The van der Waals surface area contributed by atoms with Gasteiger partial charge in [0.2, 0.25) is 0 Å². The Morgan fingerprint density at radius 2 is 2.06 bits per heavy atom. The Morgan fingerprint density at radius 1 is 1.25 bits per heavy atom. The summed E-state index contributed by atoms with van der Waals surface area (Å²) < 4.78 is 0. The molecule has 2 rings (SSSR count). The lowest BCUT2D eigenvalue weighted by atomic mass is 10.3. The number of aromatic nitrogens is 1. The van der Waals surface area contributed by atoms with E-state index in [0.717, 1.165) is 27.1 Å². The minimum absolute atomic E-state index is 0.741. The summed E-state index contributed by atoms with van der Waals surface area (Å²) in [5, 5.41) is 0.774. The molecule has 0 radical (unpaired) electrons. The van der Waals surface area contributed by atoms with E-state index in [4.69, 9.17) is 17.3 Å². The van der Waals surface area contributed by atoms with Gasteiger partial charge in [-0.15, -0.1) is 11.8 Å². The molecule has 2 N–H and O–H groups in total. The average molecular weight is 251 g/mol. The second-order valence-electron chi connectivity index (χ2n) is 3.30. The third-order valence-corrected chi connectivity index (χ3v) is 3.60. The molecule has 0 aliphatic rings. The van der Waals surface area contributed by atoms with Crippen LogP contribution in [0.1, 0.15) is 5.69 Å². The summed E-state index contributed by atoms with van der Waals surface area (Å²) >= 11 is 7.71. The smallest absolute Gasteiger partial charge is 0.0541 e. The molecule has 0 saturated heterocycles. The number of benzene rings is 1. The van der Waals surface area contributed by atoms with Crippen LogP contribution in [0.15, 0.2) is 47.5 Å². The molecular weight excluding hydrogens is 240 g/mol. The predicted octanol–water partition coefficient (Wildman–Crippen LogP) is 3.61. The van der Waals surface area contributed by atoms with Crippen molar-refractivity contribution in [3.8, 4) is 0 Å². The Kier molecular flexibility index (Phi) is 3.70. The van der Waals surface area contributed by atoms with Gasteiger partial charge in [0.05, 0.1) is 10.7 Å². The molecule has 0 atom stereocenters. The van der Waals surface area contributed by atoms with Crippen LogP contribution in [0.25, 0.3) is 0 Å². The number of rotatable bonds is 3. The van der Waals surface area contributed by atoms with Gasteiger partial charge in [0, 0.05) is 22.5 Å². The van der Waals surface area contributed by atoms with Crippen LogP contribution in [0, 0.1) is 0 Å². The van der Waals surface area contributed by atoms with Crippen molar-refractivity contribution < 1.29 is 0 Å². The molecule has 2 nitrogen and oxygen atoms in total. The number of hydrogen-bond donors (Lipinski definition) is 1. The highest BCUT2D eigenvalue weighted by molar-refractivity contribution is 7.98. The van der Waals surface area contributed by atoms with E-state index in [1.807, 2.05) is 30.3 Å². The fraction of sp³-hybridized carbons (Fsp3) is 0.0833. The first-order valence-electron chi connectivity index (χ1n) is 4.83. The largest absolute Gasteiger partial charge is 0.399 e. The van der Waals surface area contributed by atoms with Crippen LogP contribution in [0.2, 0.25) is 5.02 Å². The molecule has 0 fully saturated rings. The molecule has 0 aliphatic carbocycles. The fourth-order valence-corrected chi connectivity index (χ4v) is 2.43. The molecule has 1 heterocycles. The molecule has 4 heteroatoms. The zero-order chi connectivity index (χ0) is 11.4. The molecule has 1 aromatic heterocycles. The zero-order valence-electron chi connectivity index (χ0n) is 8.56. The molecule has 16 heavy (non-hydrogen) atoms. The van der Waals surface area contributed by atoms with Gasteiger partial charge in [0.15, 0.2) is 0 Å². The van der Waals surface area contributed by atoms with Crippen molar-refractivity contribution in [1.29, 1.82) is 0 Å². The van der Waals surface area contributed by atoms with Crippen LogP contribution in [0.3, 0.4) is 0 Å². The highest BCUT2D eigenvalue weighted by Crippen LogP contribution is 2.28. The van der Waals surface area contributed by atoms with E-state index in [1.54, 1.807) is 24.0 Å². The Hall–Kier alpha value is -1.19. The van der Waals surface area contributed by atoms with Gasteiger partial charge in [-0.2, -0.15) is 0 Å². The number of nitrogen functional groups attached to an aromatic ring is 1. The summed E-state index contributed by atoms with van der Waals surface area (Å²) in [6, 6.07) is 11.4. The summed E-state index contributed by atoms with van der Waals surface area (Å²) in [6.07, 6.45) is 1.72. The number of hydrogen-bond acceptors (Lipinski definition) is 3. The summed E-state index contributed by atoms with van der Waals surface area (Å²) in [5.74, 6) is 0.773. The number of nitrogens with zero attached hydrogens (tertiary/aromatic N) is 1. The van der Waals surface area contributed by atoms with Crippen molar-refractivity contribution in [3.05, 3.63) is 53.3 Å². The van der Waals surface area contributed by atoms with E-state index in [9.17, 15) is 0 Å². The maximum atomic E-state index is 6.06. The number of halogens is 1. The average Bonchev–Trinajstić information content (AvgIpc) is 2.28. The van der Waals surface area contributed by atoms with Gasteiger partial charge in [0.1, 0.15) is 0 Å². The first kappa shape index (κ1) is 11.3. The van der Waals surface area contributed by atoms with Gasteiger partial charge in [-0.05, 0) is 24.3 Å². The van der Waals surface area contributed by atoms with E-state index >= 15 is 0 Å².